The molecule has 1 amide bonds. The number of nitrogens with one attached hydrogen (secondary N) is 1. The molecule has 0 radical (unpaired) electrons. The van der Waals surface area contributed by atoms with Crippen molar-refractivity contribution in [3.63, 3.8) is 0 Å². The second kappa shape index (κ2) is 50.7. The molecule has 8 N–H and O–H groups in total. The van der Waals surface area contributed by atoms with Crippen LogP contribution < -0.4 is 5.32 Å². The zero-order valence-electron chi connectivity index (χ0n) is 46.9. The van der Waals surface area contributed by atoms with Crippen molar-refractivity contribution in [1.29, 1.82) is 0 Å². The fourth-order valence-corrected chi connectivity index (χ4v) is 10.3. The van der Waals surface area contributed by atoms with E-state index in [0.717, 1.165) is 38.5 Å². The number of hydrogen-bond donors (Lipinski definition) is 8. The summed E-state index contributed by atoms with van der Waals surface area (Å²) in [6, 6.07) is -1.17. The van der Waals surface area contributed by atoms with Gasteiger partial charge in [0.2, 0.25) is 5.91 Å². The minimum absolute atomic E-state index is 0.264. The molecular formula is C61H119NO10. The molecule has 0 aromatic carbocycles. The molecule has 1 rings (SSSR count). The number of aliphatic hydroxyl groups is 7. The van der Waals surface area contributed by atoms with Gasteiger partial charge in [-0.25, -0.2) is 0 Å². The first-order valence-electron chi connectivity index (χ1n) is 31.1. The minimum atomic E-state index is -1.66. The van der Waals surface area contributed by atoms with Crippen LogP contribution in [0.2, 0.25) is 0 Å². The predicted molar refractivity (Wildman–Crippen MR) is 298 cm³/mol. The van der Waals surface area contributed by atoms with Crippen molar-refractivity contribution in [3.05, 3.63) is 12.2 Å². The lowest BCUT2D eigenvalue weighted by Gasteiger charge is -2.40. The molecule has 0 aromatic heterocycles. The lowest BCUT2D eigenvalue weighted by atomic mass is 9.98. The number of carbonyl (C=O) groups is 1. The van der Waals surface area contributed by atoms with E-state index in [1.165, 1.54) is 225 Å². The quantitative estimate of drug-likeness (QED) is 0.0215. The minimum Gasteiger partial charge on any atom is -0.394 e. The van der Waals surface area contributed by atoms with E-state index in [1.54, 1.807) is 0 Å². The highest BCUT2D eigenvalue weighted by Gasteiger charge is 2.44. The third kappa shape index (κ3) is 38.4. The van der Waals surface area contributed by atoms with Gasteiger partial charge in [-0.05, 0) is 38.5 Å². The number of rotatable bonds is 54. The molecular weight excluding hydrogens is 907 g/mol. The molecule has 428 valence electrons. The van der Waals surface area contributed by atoms with E-state index in [2.05, 4.69) is 31.3 Å². The van der Waals surface area contributed by atoms with Crippen molar-refractivity contribution in [1.82, 2.24) is 5.32 Å². The molecule has 1 heterocycles. The number of unbranched alkanes of at least 4 members (excludes halogenated alkanes) is 40. The number of carbonyl (C=O) groups excluding carboxylic acids is 1. The van der Waals surface area contributed by atoms with Crippen LogP contribution >= 0.6 is 0 Å². The molecule has 0 aromatic rings. The molecule has 72 heavy (non-hydrogen) atoms. The molecule has 0 bridgehead atoms. The molecule has 1 aliphatic rings. The van der Waals surface area contributed by atoms with Crippen LogP contribution in [-0.4, -0.2) is 110 Å². The lowest BCUT2D eigenvalue weighted by molar-refractivity contribution is -0.303. The summed E-state index contributed by atoms with van der Waals surface area (Å²) in [6.07, 6.45) is 48.5. The molecule has 11 heteroatoms. The van der Waals surface area contributed by atoms with Gasteiger partial charge in [0.25, 0.3) is 0 Å². The largest absolute Gasteiger partial charge is 0.394 e. The zero-order chi connectivity index (χ0) is 52.5. The van der Waals surface area contributed by atoms with E-state index in [4.69, 9.17) is 9.47 Å². The van der Waals surface area contributed by atoms with Crippen LogP contribution in [0.15, 0.2) is 12.2 Å². The van der Waals surface area contributed by atoms with Gasteiger partial charge in [-0.2, -0.15) is 0 Å². The highest BCUT2D eigenvalue weighted by atomic mass is 16.7. The van der Waals surface area contributed by atoms with Crippen LogP contribution in [0, 0.1) is 0 Å². The van der Waals surface area contributed by atoms with Crippen molar-refractivity contribution in [2.24, 2.45) is 0 Å². The van der Waals surface area contributed by atoms with Gasteiger partial charge in [-0.15, -0.1) is 0 Å². The molecule has 9 unspecified atom stereocenters. The Bertz CT molecular complexity index is 1180. The van der Waals surface area contributed by atoms with Gasteiger partial charge in [0.15, 0.2) is 6.29 Å². The fraction of sp³-hybridized carbons (Fsp3) is 0.951. The molecule has 0 spiro atoms. The monoisotopic (exact) mass is 1030 g/mol. The third-order valence-electron chi connectivity index (χ3n) is 15.3. The predicted octanol–water partition coefficient (Wildman–Crippen LogP) is 13.5. The Morgan fingerprint density at radius 2 is 0.806 bits per heavy atom. The van der Waals surface area contributed by atoms with Crippen LogP contribution in [0.5, 0.6) is 0 Å². The lowest BCUT2D eigenvalue weighted by Crippen LogP contribution is -2.60. The first kappa shape index (κ1) is 68.9. The number of ether oxygens (including phenoxy) is 2. The number of aliphatic hydroxyl groups excluding tert-OH is 7. The van der Waals surface area contributed by atoms with Crippen molar-refractivity contribution in [3.8, 4) is 0 Å². The fourth-order valence-electron chi connectivity index (χ4n) is 10.3. The van der Waals surface area contributed by atoms with Gasteiger partial charge >= 0.3 is 0 Å². The van der Waals surface area contributed by atoms with E-state index in [9.17, 15) is 40.5 Å². The van der Waals surface area contributed by atoms with E-state index < -0.39 is 74.2 Å². The van der Waals surface area contributed by atoms with Gasteiger partial charge in [-0.1, -0.05) is 276 Å². The summed E-state index contributed by atoms with van der Waals surface area (Å²) >= 11 is 0. The van der Waals surface area contributed by atoms with Gasteiger partial charge in [0.1, 0.15) is 36.6 Å². The molecule has 1 fully saturated rings. The second-order valence-corrected chi connectivity index (χ2v) is 22.1. The van der Waals surface area contributed by atoms with Gasteiger partial charge in [0, 0.05) is 0 Å². The Morgan fingerprint density at radius 1 is 0.472 bits per heavy atom. The Labute approximate surface area is 442 Å². The molecule has 9 atom stereocenters. The van der Waals surface area contributed by atoms with Crippen LogP contribution in [0.25, 0.3) is 0 Å². The standard InChI is InChI=1S/C61H119NO10/c1-3-5-7-9-11-13-15-17-19-21-22-23-24-25-26-27-28-29-30-31-32-33-35-37-39-41-43-45-47-49-54(65)60(70)62-52(51-71-61-59(69)58(68)57(67)55(50-63)72-61)56(66)53(64)48-46-44-42-40-38-36-34-20-18-16-14-12-10-8-6-4-2/h25-26,52-59,61,63-69H,3-24,27-51H2,1-2H3,(H,62,70)/b26-25-. The maximum atomic E-state index is 13.2. The molecule has 0 aliphatic carbocycles. The summed E-state index contributed by atoms with van der Waals surface area (Å²) in [7, 11) is 0. The molecule has 0 saturated carbocycles. The van der Waals surface area contributed by atoms with E-state index in [-0.39, 0.29) is 6.42 Å². The Kier molecular flexibility index (Phi) is 48.4. The molecule has 1 saturated heterocycles. The maximum Gasteiger partial charge on any atom is 0.249 e. The number of allylic oxidation sites excluding steroid dienone is 2. The summed E-state index contributed by atoms with van der Waals surface area (Å²) < 4.78 is 11.2. The number of hydrogen-bond acceptors (Lipinski definition) is 10. The van der Waals surface area contributed by atoms with Crippen molar-refractivity contribution in [2.45, 2.75) is 358 Å². The van der Waals surface area contributed by atoms with Crippen LogP contribution in [0.1, 0.15) is 303 Å². The Morgan fingerprint density at radius 3 is 1.17 bits per heavy atom. The summed E-state index contributed by atoms with van der Waals surface area (Å²) in [5.41, 5.74) is 0. The van der Waals surface area contributed by atoms with E-state index in [0.29, 0.717) is 19.3 Å². The highest BCUT2D eigenvalue weighted by Crippen LogP contribution is 2.24. The Balaban J connectivity index is 2.22. The summed E-state index contributed by atoms with van der Waals surface area (Å²) in [5.74, 6) is -0.692. The van der Waals surface area contributed by atoms with Crippen molar-refractivity contribution >= 4 is 5.91 Å². The molecule has 1 aliphatic heterocycles. The average Bonchev–Trinajstić information content (AvgIpc) is 3.38. The summed E-state index contributed by atoms with van der Waals surface area (Å²) in [4.78, 5) is 13.2. The summed E-state index contributed by atoms with van der Waals surface area (Å²) in [5, 5.41) is 76.2. The first-order valence-corrected chi connectivity index (χ1v) is 31.1. The third-order valence-corrected chi connectivity index (χ3v) is 15.3. The highest BCUT2D eigenvalue weighted by molar-refractivity contribution is 5.80. The van der Waals surface area contributed by atoms with Crippen LogP contribution in [0.4, 0.5) is 0 Å². The number of amides is 1. The maximum absolute atomic E-state index is 13.2. The zero-order valence-corrected chi connectivity index (χ0v) is 46.9. The SMILES string of the molecule is CCCCCCCCCCCCCC/C=C\CCCCCCCCCCCCCCCC(O)C(=O)NC(COC1OC(CO)C(O)C(O)C1O)C(O)C(O)CCCCCCCCCCCCCCCCCC. The van der Waals surface area contributed by atoms with Gasteiger partial charge in [-0.3, -0.25) is 4.79 Å². The normalized spacial score (nSPS) is 20.0. The second-order valence-electron chi connectivity index (χ2n) is 22.1. The smallest absolute Gasteiger partial charge is 0.249 e. The van der Waals surface area contributed by atoms with Gasteiger partial charge < -0.3 is 50.5 Å². The van der Waals surface area contributed by atoms with Crippen molar-refractivity contribution < 1.29 is 50.0 Å². The summed E-state index contributed by atoms with van der Waals surface area (Å²) in [6.45, 7) is 3.49. The van der Waals surface area contributed by atoms with E-state index in [1.807, 2.05) is 0 Å². The van der Waals surface area contributed by atoms with Gasteiger partial charge in [0.05, 0.1) is 25.4 Å². The first-order chi connectivity index (χ1) is 35.2. The van der Waals surface area contributed by atoms with Crippen LogP contribution in [0.3, 0.4) is 0 Å². The van der Waals surface area contributed by atoms with Crippen molar-refractivity contribution in [2.75, 3.05) is 13.2 Å². The van der Waals surface area contributed by atoms with Crippen LogP contribution in [-0.2, 0) is 14.3 Å². The topological polar surface area (TPSA) is 189 Å². The van der Waals surface area contributed by atoms with E-state index >= 15 is 0 Å². The Hall–Kier alpha value is -1.15. The average molecular weight is 1030 g/mol. The molecule has 11 nitrogen and oxygen atoms in total.